The first-order valence-electron chi connectivity index (χ1n) is 6.77. The molecule has 0 spiro atoms. The first-order valence-corrected chi connectivity index (χ1v) is 6.77. The van der Waals surface area contributed by atoms with Gasteiger partial charge in [0.2, 0.25) is 0 Å². The molecule has 0 aliphatic carbocycles. The Labute approximate surface area is 120 Å². The Balaban J connectivity index is 2.05. The molecule has 0 radical (unpaired) electrons. The van der Waals surface area contributed by atoms with Gasteiger partial charge in [0.05, 0.1) is 11.6 Å². The van der Waals surface area contributed by atoms with Gasteiger partial charge >= 0.3 is 0 Å². The van der Waals surface area contributed by atoms with E-state index in [0.29, 0.717) is 5.56 Å². The van der Waals surface area contributed by atoms with Gasteiger partial charge in [-0.15, -0.1) is 0 Å². The molecule has 0 atom stereocenters. The van der Waals surface area contributed by atoms with Crippen molar-refractivity contribution in [3.8, 4) is 6.07 Å². The third-order valence-electron chi connectivity index (χ3n) is 3.30. The molecule has 0 aliphatic heterocycles. The quantitative estimate of drug-likeness (QED) is 0.845. The van der Waals surface area contributed by atoms with Crippen molar-refractivity contribution in [3.63, 3.8) is 0 Å². The van der Waals surface area contributed by atoms with E-state index < -0.39 is 0 Å². The Morgan fingerprint density at radius 3 is 2.40 bits per heavy atom. The summed E-state index contributed by atoms with van der Waals surface area (Å²) in [6, 6.07) is 17.9. The molecule has 0 heterocycles. The van der Waals surface area contributed by atoms with Gasteiger partial charge in [-0.1, -0.05) is 31.2 Å². The fraction of sp³-hybridized carbons (Fsp3) is 0.235. The van der Waals surface area contributed by atoms with E-state index in [2.05, 4.69) is 36.1 Å². The first kappa shape index (κ1) is 14.1. The standard InChI is InChI=1S/C17H19N3/c1-2-20(12-14-6-8-17(19)9-7-14)13-16-5-3-4-15(10-16)11-18/h3-10H,2,12-13,19H2,1H3. The van der Waals surface area contributed by atoms with E-state index >= 15 is 0 Å². The Kier molecular flexibility index (Phi) is 4.75. The third-order valence-corrected chi connectivity index (χ3v) is 3.30. The molecule has 2 rings (SSSR count). The number of nitrogens with zero attached hydrogens (tertiary/aromatic N) is 2. The van der Waals surface area contributed by atoms with Crippen LogP contribution in [0.25, 0.3) is 0 Å². The average Bonchev–Trinajstić information content (AvgIpc) is 2.49. The highest BCUT2D eigenvalue weighted by molar-refractivity contribution is 5.39. The summed E-state index contributed by atoms with van der Waals surface area (Å²) in [6.07, 6.45) is 0. The maximum Gasteiger partial charge on any atom is 0.0991 e. The fourth-order valence-corrected chi connectivity index (χ4v) is 2.16. The van der Waals surface area contributed by atoms with Crippen LogP contribution >= 0.6 is 0 Å². The van der Waals surface area contributed by atoms with Crippen molar-refractivity contribution in [2.24, 2.45) is 0 Å². The number of benzene rings is 2. The Morgan fingerprint density at radius 1 is 1.05 bits per heavy atom. The van der Waals surface area contributed by atoms with Crippen LogP contribution in [-0.4, -0.2) is 11.4 Å². The minimum Gasteiger partial charge on any atom is -0.399 e. The number of anilines is 1. The molecule has 2 aromatic carbocycles. The number of nitriles is 1. The topological polar surface area (TPSA) is 53.0 Å². The third kappa shape index (κ3) is 3.84. The Bertz CT molecular complexity index is 596. The van der Waals surface area contributed by atoms with Crippen LogP contribution < -0.4 is 5.73 Å². The van der Waals surface area contributed by atoms with E-state index in [1.54, 1.807) is 0 Å². The molecule has 2 aromatic rings. The van der Waals surface area contributed by atoms with Crippen molar-refractivity contribution in [1.82, 2.24) is 4.90 Å². The second-order valence-corrected chi connectivity index (χ2v) is 4.86. The molecule has 0 aromatic heterocycles. The van der Waals surface area contributed by atoms with Crippen LogP contribution in [-0.2, 0) is 13.1 Å². The van der Waals surface area contributed by atoms with Crippen LogP contribution in [0.5, 0.6) is 0 Å². The zero-order chi connectivity index (χ0) is 14.4. The molecule has 0 amide bonds. The van der Waals surface area contributed by atoms with Crippen molar-refractivity contribution < 1.29 is 0 Å². The molecule has 0 bridgehead atoms. The number of hydrogen-bond donors (Lipinski definition) is 1. The summed E-state index contributed by atoms with van der Waals surface area (Å²) in [5.41, 5.74) is 9.62. The molecule has 0 saturated carbocycles. The maximum absolute atomic E-state index is 8.94. The van der Waals surface area contributed by atoms with Crippen LogP contribution in [0.2, 0.25) is 0 Å². The lowest BCUT2D eigenvalue weighted by molar-refractivity contribution is 0.271. The molecule has 0 aliphatic rings. The number of hydrogen-bond acceptors (Lipinski definition) is 3. The van der Waals surface area contributed by atoms with Crippen LogP contribution in [0.3, 0.4) is 0 Å². The predicted octanol–water partition coefficient (Wildman–Crippen LogP) is 3.16. The summed E-state index contributed by atoms with van der Waals surface area (Å²) in [4.78, 5) is 2.34. The molecule has 0 fully saturated rings. The van der Waals surface area contributed by atoms with Crippen LogP contribution in [0.1, 0.15) is 23.6 Å². The van der Waals surface area contributed by atoms with Gasteiger partial charge in [-0.25, -0.2) is 0 Å². The van der Waals surface area contributed by atoms with Crippen molar-refractivity contribution in [1.29, 1.82) is 5.26 Å². The summed E-state index contributed by atoms with van der Waals surface area (Å²) in [7, 11) is 0. The molecule has 3 nitrogen and oxygen atoms in total. The molecule has 20 heavy (non-hydrogen) atoms. The van der Waals surface area contributed by atoms with Crippen molar-refractivity contribution in [2.45, 2.75) is 20.0 Å². The number of nitrogen functional groups attached to an aromatic ring is 1. The van der Waals surface area contributed by atoms with Gasteiger partial charge in [0.1, 0.15) is 0 Å². The minimum atomic E-state index is 0.714. The summed E-state index contributed by atoms with van der Waals surface area (Å²) < 4.78 is 0. The molecule has 0 saturated heterocycles. The second-order valence-electron chi connectivity index (χ2n) is 4.86. The number of rotatable bonds is 5. The van der Waals surface area contributed by atoms with Gasteiger partial charge in [0, 0.05) is 18.8 Å². The molecular formula is C17H19N3. The van der Waals surface area contributed by atoms with Crippen LogP contribution in [0, 0.1) is 11.3 Å². The van der Waals surface area contributed by atoms with Gasteiger partial charge in [-0.2, -0.15) is 5.26 Å². The average molecular weight is 265 g/mol. The number of nitrogens with two attached hydrogens (primary N) is 1. The molecular weight excluding hydrogens is 246 g/mol. The molecule has 3 heteroatoms. The van der Waals surface area contributed by atoms with E-state index in [9.17, 15) is 0 Å². The summed E-state index contributed by atoms with van der Waals surface area (Å²) >= 11 is 0. The van der Waals surface area contributed by atoms with Crippen molar-refractivity contribution in [2.75, 3.05) is 12.3 Å². The zero-order valence-electron chi connectivity index (χ0n) is 11.7. The van der Waals surface area contributed by atoms with Crippen LogP contribution in [0.15, 0.2) is 48.5 Å². The van der Waals surface area contributed by atoms with E-state index in [1.807, 2.05) is 30.3 Å². The predicted molar refractivity (Wildman–Crippen MR) is 81.8 cm³/mol. The Morgan fingerprint density at radius 2 is 1.75 bits per heavy atom. The SMILES string of the molecule is CCN(Cc1ccc(N)cc1)Cc1cccc(C#N)c1. The minimum absolute atomic E-state index is 0.714. The van der Waals surface area contributed by atoms with E-state index in [-0.39, 0.29) is 0 Å². The largest absolute Gasteiger partial charge is 0.399 e. The van der Waals surface area contributed by atoms with E-state index in [1.165, 1.54) is 11.1 Å². The molecule has 0 unspecified atom stereocenters. The zero-order valence-corrected chi connectivity index (χ0v) is 11.7. The highest BCUT2D eigenvalue weighted by Gasteiger charge is 2.05. The lowest BCUT2D eigenvalue weighted by Gasteiger charge is -2.20. The van der Waals surface area contributed by atoms with Gasteiger partial charge < -0.3 is 5.73 Å². The van der Waals surface area contributed by atoms with Gasteiger partial charge in [-0.05, 0) is 41.9 Å². The van der Waals surface area contributed by atoms with Crippen molar-refractivity contribution in [3.05, 3.63) is 65.2 Å². The maximum atomic E-state index is 8.94. The van der Waals surface area contributed by atoms with Gasteiger partial charge in [-0.3, -0.25) is 4.90 Å². The first-order chi connectivity index (χ1) is 9.71. The monoisotopic (exact) mass is 265 g/mol. The highest BCUT2D eigenvalue weighted by Crippen LogP contribution is 2.12. The van der Waals surface area contributed by atoms with Crippen LogP contribution in [0.4, 0.5) is 5.69 Å². The van der Waals surface area contributed by atoms with Crippen molar-refractivity contribution >= 4 is 5.69 Å². The summed E-state index contributed by atoms with van der Waals surface area (Å²) in [5.74, 6) is 0. The Hall–Kier alpha value is -2.31. The lowest BCUT2D eigenvalue weighted by Crippen LogP contribution is -2.22. The van der Waals surface area contributed by atoms with Gasteiger partial charge in [0.25, 0.3) is 0 Å². The molecule has 102 valence electrons. The molecule has 2 N–H and O–H groups in total. The van der Waals surface area contributed by atoms with E-state index in [0.717, 1.165) is 25.3 Å². The summed E-state index contributed by atoms with van der Waals surface area (Å²) in [5, 5.41) is 8.94. The normalized spacial score (nSPS) is 10.4. The lowest BCUT2D eigenvalue weighted by atomic mass is 10.1. The highest BCUT2D eigenvalue weighted by atomic mass is 15.1. The summed E-state index contributed by atoms with van der Waals surface area (Å²) in [6.45, 7) is 4.83. The van der Waals surface area contributed by atoms with E-state index in [4.69, 9.17) is 11.0 Å². The van der Waals surface area contributed by atoms with Gasteiger partial charge in [0.15, 0.2) is 0 Å². The second kappa shape index (κ2) is 6.74. The smallest absolute Gasteiger partial charge is 0.0991 e. The fourth-order valence-electron chi connectivity index (χ4n) is 2.16.